The number of ether oxygens (including phenoxy) is 2. The standard InChI is InChI=1S/C15H18N2O2/c1-11-7-8-13(14(9-11)18-3)19-10-12-5-4-6-15(16-2)17-12/h4-9H,10H2,1-3H3,(H,16,17). The molecule has 2 rings (SSSR count). The van der Waals surface area contributed by atoms with Crippen LogP contribution in [0.4, 0.5) is 5.82 Å². The molecule has 1 aromatic carbocycles. The van der Waals surface area contributed by atoms with E-state index in [-0.39, 0.29) is 0 Å². The van der Waals surface area contributed by atoms with Gasteiger partial charge in [-0.1, -0.05) is 12.1 Å². The first-order valence-corrected chi connectivity index (χ1v) is 6.14. The predicted molar refractivity (Wildman–Crippen MR) is 75.8 cm³/mol. The average Bonchev–Trinajstić information content (AvgIpc) is 2.46. The second-order valence-corrected chi connectivity index (χ2v) is 4.21. The summed E-state index contributed by atoms with van der Waals surface area (Å²) in [7, 11) is 3.48. The van der Waals surface area contributed by atoms with Crippen LogP contribution < -0.4 is 14.8 Å². The van der Waals surface area contributed by atoms with Crippen molar-refractivity contribution in [3.63, 3.8) is 0 Å². The first-order chi connectivity index (χ1) is 9.22. The van der Waals surface area contributed by atoms with Crippen molar-refractivity contribution in [1.29, 1.82) is 0 Å². The topological polar surface area (TPSA) is 43.4 Å². The normalized spacial score (nSPS) is 10.1. The molecule has 0 spiro atoms. The van der Waals surface area contributed by atoms with Gasteiger partial charge in [-0.25, -0.2) is 4.98 Å². The van der Waals surface area contributed by atoms with Crippen LogP contribution in [0.25, 0.3) is 0 Å². The van der Waals surface area contributed by atoms with E-state index in [0.29, 0.717) is 6.61 Å². The number of pyridine rings is 1. The van der Waals surface area contributed by atoms with E-state index in [2.05, 4.69) is 10.3 Å². The van der Waals surface area contributed by atoms with Crippen LogP contribution in [0.3, 0.4) is 0 Å². The maximum Gasteiger partial charge on any atom is 0.161 e. The fourth-order valence-corrected chi connectivity index (χ4v) is 1.74. The zero-order chi connectivity index (χ0) is 13.7. The molecule has 2 aromatic rings. The minimum Gasteiger partial charge on any atom is -0.493 e. The first-order valence-electron chi connectivity index (χ1n) is 6.14. The van der Waals surface area contributed by atoms with Crippen molar-refractivity contribution in [3.8, 4) is 11.5 Å². The third-order valence-electron chi connectivity index (χ3n) is 2.76. The molecule has 100 valence electrons. The maximum absolute atomic E-state index is 5.75. The zero-order valence-corrected chi connectivity index (χ0v) is 11.4. The van der Waals surface area contributed by atoms with Crippen molar-refractivity contribution < 1.29 is 9.47 Å². The van der Waals surface area contributed by atoms with Crippen molar-refractivity contribution in [3.05, 3.63) is 47.7 Å². The molecular weight excluding hydrogens is 240 g/mol. The smallest absolute Gasteiger partial charge is 0.161 e. The molecule has 0 radical (unpaired) electrons. The lowest BCUT2D eigenvalue weighted by atomic mass is 10.2. The minimum atomic E-state index is 0.412. The van der Waals surface area contributed by atoms with Crippen LogP contribution in [-0.4, -0.2) is 19.1 Å². The largest absolute Gasteiger partial charge is 0.493 e. The molecule has 0 aliphatic carbocycles. The van der Waals surface area contributed by atoms with Gasteiger partial charge in [-0.2, -0.15) is 0 Å². The predicted octanol–water partition coefficient (Wildman–Crippen LogP) is 3.02. The summed E-state index contributed by atoms with van der Waals surface area (Å²) in [4.78, 5) is 4.40. The van der Waals surface area contributed by atoms with Gasteiger partial charge in [0.25, 0.3) is 0 Å². The molecule has 1 aromatic heterocycles. The molecule has 4 nitrogen and oxygen atoms in total. The Bertz CT molecular complexity index is 556. The molecule has 0 saturated carbocycles. The van der Waals surface area contributed by atoms with Crippen LogP contribution in [0.1, 0.15) is 11.3 Å². The number of benzene rings is 1. The molecular formula is C15H18N2O2. The van der Waals surface area contributed by atoms with E-state index in [1.165, 1.54) is 0 Å². The Balaban J connectivity index is 2.09. The minimum absolute atomic E-state index is 0.412. The van der Waals surface area contributed by atoms with Crippen molar-refractivity contribution in [2.75, 3.05) is 19.5 Å². The summed E-state index contributed by atoms with van der Waals surface area (Å²) in [6.45, 7) is 2.43. The van der Waals surface area contributed by atoms with Gasteiger partial charge in [-0.3, -0.25) is 0 Å². The van der Waals surface area contributed by atoms with Gasteiger partial charge in [0.05, 0.1) is 12.8 Å². The highest BCUT2D eigenvalue weighted by atomic mass is 16.5. The average molecular weight is 258 g/mol. The van der Waals surface area contributed by atoms with E-state index in [4.69, 9.17) is 9.47 Å². The quantitative estimate of drug-likeness (QED) is 0.895. The number of hydrogen-bond acceptors (Lipinski definition) is 4. The van der Waals surface area contributed by atoms with E-state index >= 15 is 0 Å². The van der Waals surface area contributed by atoms with Gasteiger partial charge in [0.15, 0.2) is 11.5 Å². The highest BCUT2D eigenvalue weighted by Crippen LogP contribution is 2.28. The summed E-state index contributed by atoms with van der Waals surface area (Å²) in [6.07, 6.45) is 0. The molecule has 0 bridgehead atoms. The fourth-order valence-electron chi connectivity index (χ4n) is 1.74. The Morgan fingerprint density at radius 2 is 2.00 bits per heavy atom. The van der Waals surface area contributed by atoms with Crippen molar-refractivity contribution in [2.24, 2.45) is 0 Å². The van der Waals surface area contributed by atoms with Crippen LogP contribution in [0.2, 0.25) is 0 Å². The van der Waals surface area contributed by atoms with Crippen LogP contribution in [0.15, 0.2) is 36.4 Å². The summed E-state index contributed by atoms with van der Waals surface area (Å²) in [5, 5.41) is 3.00. The maximum atomic E-state index is 5.75. The van der Waals surface area contributed by atoms with E-state index in [0.717, 1.165) is 28.6 Å². The molecule has 0 aliphatic heterocycles. The van der Waals surface area contributed by atoms with Gasteiger partial charge < -0.3 is 14.8 Å². The highest BCUT2D eigenvalue weighted by molar-refractivity contribution is 5.42. The summed E-state index contributed by atoms with van der Waals surface area (Å²) in [5.41, 5.74) is 2.01. The first kappa shape index (κ1) is 13.2. The van der Waals surface area contributed by atoms with Crippen LogP contribution >= 0.6 is 0 Å². The van der Waals surface area contributed by atoms with Crippen molar-refractivity contribution in [2.45, 2.75) is 13.5 Å². The zero-order valence-electron chi connectivity index (χ0n) is 11.4. The number of anilines is 1. The molecule has 19 heavy (non-hydrogen) atoms. The lowest BCUT2D eigenvalue weighted by Crippen LogP contribution is -2.02. The molecule has 1 N–H and O–H groups in total. The Hall–Kier alpha value is -2.23. The van der Waals surface area contributed by atoms with Crippen LogP contribution in [-0.2, 0) is 6.61 Å². The van der Waals surface area contributed by atoms with Gasteiger partial charge in [0, 0.05) is 7.05 Å². The third kappa shape index (κ3) is 3.37. The van der Waals surface area contributed by atoms with Crippen molar-refractivity contribution >= 4 is 5.82 Å². The number of nitrogens with one attached hydrogen (secondary N) is 1. The second-order valence-electron chi connectivity index (χ2n) is 4.21. The SMILES string of the molecule is CNc1cccc(COc2ccc(C)cc2OC)n1. The monoisotopic (exact) mass is 258 g/mol. The highest BCUT2D eigenvalue weighted by Gasteiger charge is 2.05. The van der Waals surface area contributed by atoms with Gasteiger partial charge in [-0.05, 0) is 36.8 Å². The molecule has 0 fully saturated rings. The number of methoxy groups -OCH3 is 1. The molecule has 1 heterocycles. The van der Waals surface area contributed by atoms with Gasteiger partial charge >= 0.3 is 0 Å². The van der Waals surface area contributed by atoms with Gasteiger partial charge in [0.1, 0.15) is 12.4 Å². The lowest BCUT2D eigenvalue weighted by Gasteiger charge is -2.11. The van der Waals surface area contributed by atoms with E-state index in [9.17, 15) is 0 Å². The van der Waals surface area contributed by atoms with E-state index in [1.807, 2.05) is 50.4 Å². The van der Waals surface area contributed by atoms with Crippen LogP contribution in [0, 0.1) is 6.92 Å². The molecule has 0 unspecified atom stereocenters. The van der Waals surface area contributed by atoms with Gasteiger partial charge in [-0.15, -0.1) is 0 Å². The molecule has 0 saturated heterocycles. The summed E-state index contributed by atoms with van der Waals surface area (Å²) in [6, 6.07) is 11.7. The number of nitrogens with zero attached hydrogens (tertiary/aromatic N) is 1. The Morgan fingerprint density at radius 3 is 2.74 bits per heavy atom. The number of rotatable bonds is 5. The van der Waals surface area contributed by atoms with E-state index in [1.54, 1.807) is 7.11 Å². The van der Waals surface area contributed by atoms with Crippen molar-refractivity contribution in [1.82, 2.24) is 4.98 Å². The summed E-state index contributed by atoms with van der Waals surface area (Å²) in [5.74, 6) is 2.30. The lowest BCUT2D eigenvalue weighted by molar-refractivity contribution is 0.280. The molecule has 0 amide bonds. The Kier molecular flexibility index (Phi) is 4.23. The fraction of sp³-hybridized carbons (Fsp3) is 0.267. The van der Waals surface area contributed by atoms with Crippen LogP contribution in [0.5, 0.6) is 11.5 Å². The molecule has 0 atom stereocenters. The number of aryl methyl sites for hydroxylation is 1. The van der Waals surface area contributed by atoms with Gasteiger partial charge in [0.2, 0.25) is 0 Å². The number of hydrogen-bond donors (Lipinski definition) is 1. The Morgan fingerprint density at radius 1 is 1.16 bits per heavy atom. The molecule has 0 aliphatic rings. The van der Waals surface area contributed by atoms with E-state index < -0.39 is 0 Å². The Labute approximate surface area is 113 Å². The summed E-state index contributed by atoms with van der Waals surface area (Å²) < 4.78 is 11.1. The summed E-state index contributed by atoms with van der Waals surface area (Å²) >= 11 is 0. The third-order valence-corrected chi connectivity index (χ3v) is 2.76. The molecule has 4 heteroatoms. The second kappa shape index (κ2) is 6.09. The number of aromatic nitrogens is 1.